The lowest BCUT2D eigenvalue weighted by molar-refractivity contribution is -0.113. The minimum Gasteiger partial charge on any atom is -0.342 e. The van der Waals surface area contributed by atoms with Crippen LogP contribution < -0.4 is 10.6 Å². The van der Waals surface area contributed by atoms with Gasteiger partial charge in [0, 0.05) is 22.8 Å². The zero-order valence-corrected chi connectivity index (χ0v) is 19.6. The Morgan fingerprint density at radius 3 is 2.55 bits per heavy atom. The molecule has 0 saturated heterocycles. The van der Waals surface area contributed by atoms with Crippen molar-refractivity contribution in [1.82, 2.24) is 20.1 Å². The van der Waals surface area contributed by atoms with E-state index in [1.165, 1.54) is 17.8 Å². The molecule has 0 aliphatic rings. The predicted octanol–water partition coefficient (Wildman–Crippen LogP) is 5.00. The Hall–Kier alpha value is -2.26. The van der Waals surface area contributed by atoms with Crippen LogP contribution in [0.4, 0.5) is 5.69 Å². The third-order valence-electron chi connectivity index (χ3n) is 4.22. The van der Waals surface area contributed by atoms with Crippen LogP contribution in [0.15, 0.2) is 47.6 Å². The summed E-state index contributed by atoms with van der Waals surface area (Å²) in [6.45, 7) is 1.78. The number of benzene rings is 2. The first-order valence-corrected chi connectivity index (χ1v) is 11.2. The van der Waals surface area contributed by atoms with E-state index in [2.05, 4.69) is 20.8 Å². The summed E-state index contributed by atoms with van der Waals surface area (Å²) in [5.41, 5.74) is 0.932. The molecule has 0 bridgehead atoms. The summed E-state index contributed by atoms with van der Waals surface area (Å²) >= 11 is 19.1. The fraction of sp³-hybridized carbons (Fsp3) is 0.200. The van der Waals surface area contributed by atoms with Gasteiger partial charge in [0.15, 0.2) is 11.0 Å². The number of halogens is 3. The van der Waals surface area contributed by atoms with Gasteiger partial charge in [0.1, 0.15) is 0 Å². The number of anilines is 1. The molecule has 3 aromatic rings. The van der Waals surface area contributed by atoms with Crippen molar-refractivity contribution in [3.05, 3.63) is 68.9 Å². The van der Waals surface area contributed by atoms with Crippen LogP contribution in [0.1, 0.15) is 29.1 Å². The molecule has 1 heterocycles. The lowest BCUT2D eigenvalue weighted by Gasteiger charge is -2.14. The zero-order chi connectivity index (χ0) is 22.5. The Kier molecular flexibility index (Phi) is 7.83. The van der Waals surface area contributed by atoms with Crippen LogP contribution in [0.5, 0.6) is 0 Å². The van der Waals surface area contributed by atoms with Crippen LogP contribution in [0.2, 0.25) is 15.1 Å². The normalized spacial score (nSPS) is 11.8. The first kappa shape index (κ1) is 23.4. The Labute approximate surface area is 198 Å². The van der Waals surface area contributed by atoms with Gasteiger partial charge in [0.25, 0.3) is 5.91 Å². The van der Waals surface area contributed by atoms with Crippen molar-refractivity contribution in [2.45, 2.75) is 18.1 Å². The van der Waals surface area contributed by atoms with Crippen LogP contribution in [0, 0.1) is 0 Å². The van der Waals surface area contributed by atoms with Gasteiger partial charge in [-0.15, -0.1) is 10.2 Å². The monoisotopic (exact) mass is 497 g/mol. The standard InChI is InChI=1S/C20H18Cl3N5O2S/c1-11(24-19(30)15-7-6-13(22)9-16(15)23)18-26-27-20(28(18)2)31-10-17(29)25-14-5-3-4-12(21)8-14/h3-9,11H,10H2,1-2H3,(H,24,30)(H,25,29)/t11-/m1/s1. The highest BCUT2D eigenvalue weighted by molar-refractivity contribution is 7.99. The van der Waals surface area contributed by atoms with E-state index in [-0.39, 0.29) is 22.6 Å². The number of hydrogen-bond donors (Lipinski definition) is 2. The first-order valence-electron chi connectivity index (χ1n) is 9.08. The topological polar surface area (TPSA) is 88.9 Å². The van der Waals surface area contributed by atoms with Gasteiger partial charge in [-0.25, -0.2) is 0 Å². The predicted molar refractivity (Wildman–Crippen MR) is 124 cm³/mol. The van der Waals surface area contributed by atoms with E-state index in [0.717, 1.165) is 0 Å². The van der Waals surface area contributed by atoms with Crippen LogP contribution in [0.25, 0.3) is 0 Å². The van der Waals surface area contributed by atoms with Crippen LogP contribution >= 0.6 is 46.6 Å². The largest absolute Gasteiger partial charge is 0.342 e. The zero-order valence-electron chi connectivity index (χ0n) is 16.5. The van der Waals surface area contributed by atoms with E-state index in [1.54, 1.807) is 54.9 Å². The maximum Gasteiger partial charge on any atom is 0.253 e. The summed E-state index contributed by atoms with van der Waals surface area (Å²) in [6, 6.07) is 11.1. The second-order valence-corrected chi connectivity index (χ2v) is 8.79. The van der Waals surface area contributed by atoms with Gasteiger partial charge in [0.2, 0.25) is 5.91 Å². The van der Waals surface area contributed by atoms with E-state index in [4.69, 9.17) is 34.8 Å². The van der Waals surface area contributed by atoms with Crippen molar-refractivity contribution < 1.29 is 9.59 Å². The van der Waals surface area contributed by atoms with Crippen LogP contribution in [-0.4, -0.2) is 32.3 Å². The number of nitrogens with one attached hydrogen (secondary N) is 2. The molecule has 0 fully saturated rings. The van der Waals surface area contributed by atoms with Gasteiger partial charge < -0.3 is 15.2 Å². The van der Waals surface area contributed by atoms with Crippen molar-refractivity contribution in [3.63, 3.8) is 0 Å². The van der Waals surface area contributed by atoms with Crippen molar-refractivity contribution in [2.75, 3.05) is 11.1 Å². The molecule has 0 spiro atoms. The molecular formula is C20H18Cl3N5O2S. The molecule has 2 aromatic carbocycles. The fourth-order valence-corrected chi connectivity index (χ4v) is 4.14. The minimum atomic E-state index is -0.439. The van der Waals surface area contributed by atoms with Gasteiger partial charge in [-0.1, -0.05) is 52.6 Å². The maximum absolute atomic E-state index is 12.5. The SMILES string of the molecule is C[C@@H](NC(=O)c1ccc(Cl)cc1Cl)c1nnc(SCC(=O)Nc2cccc(Cl)c2)n1C. The number of nitrogens with zero attached hydrogens (tertiary/aromatic N) is 3. The lowest BCUT2D eigenvalue weighted by atomic mass is 10.2. The quantitative estimate of drug-likeness (QED) is 0.448. The molecule has 1 aromatic heterocycles. The number of carbonyl (C=O) groups is 2. The number of carbonyl (C=O) groups excluding carboxylic acids is 2. The number of hydrogen-bond acceptors (Lipinski definition) is 5. The average molecular weight is 499 g/mol. The highest BCUT2D eigenvalue weighted by atomic mass is 35.5. The third-order valence-corrected chi connectivity index (χ3v) is 6.02. The van der Waals surface area contributed by atoms with Crippen LogP contribution in [0.3, 0.4) is 0 Å². The molecular weight excluding hydrogens is 481 g/mol. The van der Waals surface area contributed by atoms with Gasteiger partial charge in [0.05, 0.1) is 22.4 Å². The minimum absolute atomic E-state index is 0.139. The Morgan fingerprint density at radius 2 is 1.84 bits per heavy atom. The maximum atomic E-state index is 12.5. The van der Waals surface area contributed by atoms with Gasteiger partial charge in [-0.3, -0.25) is 9.59 Å². The summed E-state index contributed by atoms with van der Waals surface area (Å²) in [5, 5.41) is 15.7. The molecule has 0 unspecified atom stereocenters. The number of aromatic nitrogens is 3. The molecule has 0 radical (unpaired) electrons. The van der Waals surface area contributed by atoms with Crippen molar-refractivity contribution >= 4 is 64.1 Å². The summed E-state index contributed by atoms with van der Waals surface area (Å²) < 4.78 is 1.73. The van der Waals surface area contributed by atoms with Gasteiger partial charge in [-0.05, 0) is 43.3 Å². The number of amides is 2. The van der Waals surface area contributed by atoms with Crippen molar-refractivity contribution in [1.29, 1.82) is 0 Å². The molecule has 11 heteroatoms. The van der Waals surface area contributed by atoms with E-state index in [0.29, 0.717) is 32.3 Å². The molecule has 0 saturated carbocycles. The summed E-state index contributed by atoms with van der Waals surface area (Å²) in [4.78, 5) is 24.7. The summed E-state index contributed by atoms with van der Waals surface area (Å²) in [7, 11) is 1.77. The van der Waals surface area contributed by atoms with Crippen molar-refractivity contribution in [3.8, 4) is 0 Å². The lowest BCUT2D eigenvalue weighted by Crippen LogP contribution is -2.28. The second kappa shape index (κ2) is 10.4. The fourth-order valence-electron chi connectivity index (χ4n) is 2.73. The number of rotatable bonds is 7. The average Bonchev–Trinajstić information content (AvgIpc) is 3.06. The second-order valence-electron chi connectivity index (χ2n) is 6.57. The van der Waals surface area contributed by atoms with Crippen LogP contribution in [-0.2, 0) is 11.8 Å². The molecule has 3 rings (SSSR count). The highest BCUT2D eigenvalue weighted by Gasteiger charge is 2.20. The summed E-state index contributed by atoms with van der Waals surface area (Å²) in [5.74, 6) is 0.124. The Bertz CT molecular complexity index is 1120. The van der Waals surface area contributed by atoms with E-state index < -0.39 is 6.04 Å². The van der Waals surface area contributed by atoms with E-state index in [1.807, 2.05) is 0 Å². The molecule has 1 atom stereocenters. The molecule has 162 valence electrons. The summed E-state index contributed by atoms with van der Waals surface area (Å²) in [6.07, 6.45) is 0. The molecule has 0 aliphatic heterocycles. The van der Waals surface area contributed by atoms with Gasteiger partial charge in [-0.2, -0.15) is 0 Å². The van der Waals surface area contributed by atoms with E-state index in [9.17, 15) is 9.59 Å². The van der Waals surface area contributed by atoms with Crippen molar-refractivity contribution in [2.24, 2.45) is 7.05 Å². The smallest absolute Gasteiger partial charge is 0.253 e. The Morgan fingerprint density at radius 1 is 1.10 bits per heavy atom. The Balaban J connectivity index is 1.59. The van der Waals surface area contributed by atoms with E-state index >= 15 is 0 Å². The third kappa shape index (κ3) is 6.13. The molecule has 0 aliphatic carbocycles. The number of thioether (sulfide) groups is 1. The van der Waals surface area contributed by atoms with Gasteiger partial charge >= 0.3 is 0 Å². The molecule has 2 amide bonds. The molecule has 7 nitrogen and oxygen atoms in total. The molecule has 31 heavy (non-hydrogen) atoms. The highest BCUT2D eigenvalue weighted by Crippen LogP contribution is 2.23. The first-order chi connectivity index (χ1) is 14.7. The molecule has 2 N–H and O–H groups in total.